The average molecular weight is 263 g/mol. The molecule has 100 valence electrons. The zero-order valence-electron chi connectivity index (χ0n) is 10.8. The Morgan fingerprint density at radius 3 is 2.63 bits per heavy atom. The molecule has 0 radical (unpaired) electrons. The van der Waals surface area contributed by atoms with Crippen molar-refractivity contribution in [1.29, 1.82) is 0 Å². The van der Waals surface area contributed by atoms with Gasteiger partial charge in [0, 0.05) is 20.3 Å². The van der Waals surface area contributed by atoms with Gasteiger partial charge in [0.2, 0.25) is 0 Å². The molecule has 0 aliphatic rings. The van der Waals surface area contributed by atoms with Gasteiger partial charge in [0.25, 0.3) is 5.56 Å². The van der Waals surface area contributed by atoms with Gasteiger partial charge in [0.15, 0.2) is 0 Å². The maximum Gasteiger partial charge on any atom is 0.339 e. The molecule has 0 amide bonds. The lowest BCUT2D eigenvalue weighted by molar-refractivity contribution is 0.0526. The molecule has 7 heteroatoms. The summed E-state index contributed by atoms with van der Waals surface area (Å²) >= 11 is 0. The van der Waals surface area contributed by atoms with E-state index in [9.17, 15) is 14.4 Å². The zero-order valence-corrected chi connectivity index (χ0v) is 10.8. The van der Waals surface area contributed by atoms with Gasteiger partial charge in [-0.1, -0.05) is 0 Å². The third-order valence-electron chi connectivity index (χ3n) is 2.80. The molecule has 0 spiro atoms. The van der Waals surface area contributed by atoms with E-state index in [1.54, 1.807) is 6.92 Å². The summed E-state index contributed by atoms with van der Waals surface area (Å²) in [6.45, 7) is 1.93. The lowest BCUT2D eigenvalue weighted by atomic mass is 10.2. The van der Waals surface area contributed by atoms with Crippen molar-refractivity contribution in [1.82, 2.24) is 14.1 Å². The van der Waals surface area contributed by atoms with Crippen LogP contribution in [0.5, 0.6) is 0 Å². The topological polar surface area (TPSA) is 83.2 Å². The number of aryl methyl sites for hydroxylation is 1. The first-order chi connectivity index (χ1) is 8.97. The zero-order chi connectivity index (χ0) is 14.2. The van der Waals surface area contributed by atoms with Gasteiger partial charge in [-0.2, -0.15) is 0 Å². The van der Waals surface area contributed by atoms with E-state index >= 15 is 0 Å². The minimum absolute atomic E-state index is 0.185. The molecule has 0 fully saturated rings. The quantitative estimate of drug-likeness (QED) is 0.701. The molecule has 0 aromatic carbocycles. The normalized spacial score (nSPS) is 10.7. The van der Waals surface area contributed by atoms with Crippen LogP contribution in [-0.2, 0) is 18.8 Å². The number of ether oxygens (including phenoxy) is 1. The molecular formula is C12H13N3O4. The SMILES string of the molecule is CCOC(=O)c1cnc2c(c1)c(=O)n(C)c(=O)n2C. The van der Waals surface area contributed by atoms with Gasteiger partial charge in [0.1, 0.15) is 5.65 Å². The molecule has 0 N–H and O–H groups in total. The molecule has 0 unspecified atom stereocenters. The number of esters is 1. The Balaban J connectivity index is 2.77. The highest BCUT2D eigenvalue weighted by Gasteiger charge is 2.13. The monoisotopic (exact) mass is 263 g/mol. The van der Waals surface area contributed by atoms with Crippen molar-refractivity contribution in [2.45, 2.75) is 6.92 Å². The van der Waals surface area contributed by atoms with Crippen molar-refractivity contribution >= 4 is 17.0 Å². The van der Waals surface area contributed by atoms with Crippen LogP contribution in [0.3, 0.4) is 0 Å². The summed E-state index contributed by atoms with van der Waals surface area (Å²) < 4.78 is 7.07. The van der Waals surface area contributed by atoms with Crippen LogP contribution in [-0.4, -0.2) is 26.7 Å². The standard InChI is InChI=1S/C12H13N3O4/c1-4-19-11(17)7-5-8-9(13-6-7)14(2)12(18)15(3)10(8)16/h5-6H,4H2,1-3H3. The third-order valence-corrected chi connectivity index (χ3v) is 2.80. The first-order valence-electron chi connectivity index (χ1n) is 5.70. The molecule has 0 bridgehead atoms. The van der Waals surface area contributed by atoms with Crippen LogP contribution in [0.4, 0.5) is 0 Å². The van der Waals surface area contributed by atoms with Crippen LogP contribution >= 0.6 is 0 Å². The van der Waals surface area contributed by atoms with Crippen molar-refractivity contribution in [2.75, 3.05) is 6.61 Å². The summed E-state index contributed by atoms with van der Waals surface area (Å²) in [5, 5.41) is 0.204. The maximum atomic E-state index is 12.0. The second-order valence-corrected chi connectivity index (χ2v) is 4.02. The van der Waals surface area contributed by atoms with E-state index in [2.05, 4.69) is 4.98 Å². The first-order valence-corrected chi connectivity index (χ1v) is 5.70. The second-order valence-electron chi connectivity index (χ2n) is 4.02. The van der Waals surface area contributed by atoms with Gasteiger partial charge < -0.3 is 4.74 Å². The van der Waals surface area contributed by atoms with Crippen LogP contribution in [0.2, 0.25) is 0 Å². The van der Waals surface area contributed by atoms with Crippen molar-refractivity contribution < 1.29 is 9.53 Å². The van der Waals surface area contributed by atoms with Crippen LogP contribution in [0.25, 0.3) is 11.0 Å². The number of pyridine rings is 1. The highest BCUT2D eigenvalue weighted by molar-refractivity contribution is 5.92. The number of aromatic nitrogens is 3. The molecule has 2 rings (SSSR count). The van der Waals surface area contributed by atoms with E-state index in [4.69, 9.17) is 4.74 Å². The number of hydrogen-bond acceptors (Lipinski definition) is 5. The van der Waals surface area contributed by atoms with Gasteiger partial charge in [0.05, 0.1) is 17.6 Å². The molecule has 0 atom stereocenters. The smallest absolute Gasteiger partial charge is 0.339 e. The third kappa shape index (κ3) is 2.03. The molecule has 2 heterocycles. The average Bonchev–Trinajstić information content (AvgIpc) is 2.42. The van der Waals surface area contributed by atoms with Crippen molar-refractivity contribution in [2.24, 2.45) is 14.1 Å². The second kappa shape index (κ2) is 4.68. The highest BCUT2D eigenvalue weighted by atomic mass is 16.5. The molecule has 7 nitrogen and oxygen atoms in total. The largest absolute Gasteiger partial charge is 0.462 e. The summed E-state index contributed by atoms with van der Waals surface area (Å²) in [4.78, 5) is 39.3. The minimum atomic E-state index is -0.548. The lowest BCUT2D eigenvalue weighted by Gasteiger charge is -2.07. The Hall–Kier alpha value is -2.44. The van der Waals surface area contributed by atoms with Crippen molar-refractivity contribution in [3.05, 3.63) is 38.7 Å². The number of carbonyl (C=O) groups excluding carboxylic acids is 1. The van der Waals surface area contributed by atoms with E-state index in [0.717, 1.165) is 4.57 Å². The van der Waals surface area contributed by atoms with Gasteiger partial charge >= 0.3 is 11.7 Å². The van der Waals surface area contributed by atoms with E-state index in [1.165, 1.54) is 30.9 Å². The van der Waals surface area contributed by atoms with Crippen LogP contribution < -0.4 is 11.2 Å². The van der Waals surface area contributed by atoms with E-state index < -0.39 is 17.2 Å². The first kappa shape index (κ1) is 13.0. The Labute approximate surface area is 108 Å². The molecule has 19 heavy (non-hydrogen) atoms. The molecular weight excluding hydrogens is 250 g/mol. The van der Waals surface area contributed by atoms with E-state index in [1.807, 2.05) is 0 Å². The minimum Gasteiger partial charge on any atom is -0.462 e. The number of carbonyl (C=O) groups is 1. The number of fused-ring (bicyclic) bond motifs is 1. The predicted octanol–water partition coefficient (Wildman–Crippen LogP) is -0.191. The van der Waals surface area contributed by atoms with Crippen LogP contribution in [0, 0.1) is 0 Å². The maximum absolute atomic E-state index is 12.0. The summed E-state index contributed by atoms with van der Waals surface area (Å²) in [5.74, 6) is -0.548. The molecule has 2 aromatic heterocycles. The van der Waals surface area contributed by atoms with Gasteiger partial charge in [-0.3, -0.25) is 13.9 Å². The summed E-state index contributed by atoms with van der Waals surface area (Å²) in [7, 11) is 2.89. The highest BCUT2D eigenvalue weighted by Crippen LogP contribution is 2.08. The van der Waals surface area contributed by atoms with Gasteiger partial charge in [-0.25, -0.2) is 14.6 Å². The lowest BCUT2D eigenvalue weighted by Crippen LogP contribution is -2.37. The summed E-state index contributed by atoms with van der Waals surface area (Å²) in [5.41, 5.74) is -0.531. The predicted molar refractivity (Wildman–Crippen MR) is 68.2 cm³/mol. The van der Waals surface area contributed by atoms with Gasteiger partial charge in [-0.05, 0) is 13.0 Å². The Bertz CT molecular complexity index is 773. The van der Waals surface area contributed by atoms with E-state index in [-0.39, 0.29) is 23.2 Å². The Morgan fingerprint density at radius 1 is 1.32 bits per heavy atom. The van der Waals surface area contributed by atoms with Crippen molar-refractivity contribution in [3.63, 3.8) is 0 Å². The molecule has 0 aliphatic heterocycles. The molecule has 0 saturated carbocycles. The summed E-state index contributed by atoms with van der Waals surface area (Å²) in [6.07, 6.45) is 1.29. The van der Waals surface area contributed by atoms with Crippen LogP contribution in [0.1, 0.15) is 17.3 Å². The van der Waals surface area contributed by atoms with Crippen LogP contribution in [0.15, 0.2) is 21.9 Å². The Kier molecular flexibility index (Phi) is 3.20. The van der Waals surface area contributed by atoms with E-state index in [0.29, 0.717) is 0 Å². The molecule has 2 aromatic rings. The fourth-order valence-corrected chi connectivity index (χ4v) is 1.79. The number of nitrogens with zero attached hydrogens (tertiary/aromatic N) is 3. The fourth-order valence-electron chi connectivity index (χ4n) is 1.79. The van der Waals surface area contributed by atoms with Gasteiger partial charge in [-0.15, -0.1) is 0 Å². The summed E-state index contributed by atoms with van der Waals surface area (Å²) in [6, 6.07) is 1.39. The fraction of sp³-hybridized carbons (Fsp3) is 0.333. The molecule has 0 saturated heterocycles. The molecule has 0 aliphatic carbocycles. The van der Waals surface area contributed by atoms with Crippen molar-refractivity contribution in [3.8, 4) is 0 Å². The number of rotatable bonds is 2. The number of hydrogen-bond donors (Lipinski definition) is 0. The Morgan fingerprint density at radius 2 is 2.00 bits per heavy atom.